The maximum Gasteiger partial charge on any atom is 0.311 e. The van der Waals surface area contributed by atoms with E-state index in [9.17, 15) is 15.3 Å². The molecule has 0 bridgehead atoms. The van der Waals surface area contributed by atoms with Crippen LogP contribution in [0.15, 0.2) is 127 Å². The molecule has 0 aliphatic heterocycles. The molecule has 0 radical (unpaired) electrons. The molecule has 0 spiro atoms. The van der Waals surface area contributed by atoms with Gasteiger partial charge in [-0.25, -0.2) is 0 Å². The van der Waals surface area contributed by atoms with Gasteiger partial charge < -0.3 is 29.5 Å². The zero-order valence-electron chi connectivity index (χ0n) is 27.1. The van der Waals surface area contributed by atoms with E-state index in [1.807, 2.05) is 115 Å². The van der Waals surface area contributed by atoms with Gasteiger partial charge >= 0.3 is 5.97 Å². The standard InChI is InChI=1S/C41H40O7/c1-46-31-20-16-29(17-21-31)41(28-10-4-3-5-11-28,30-18-22-32(47-2)23-19-30)38(40(25-42,26-43)27-44)39(45)48-24-37-35-14-8-6-12-33(35)34-13-7-9-15-36(34)37/h3-23,37-38,42-44H,24-27H2,1-2H3. The van der Waals surface area contributed by atoms with Crippen molar-refractivity contribution in [2.75, 3.05) is 40.6 Å². The molecule has 1 atom stereocenters. The Balaban J connectivity index is 1.57. The molecule has 246 valence electrons. The van der Waals surface area contributed by atoms with Gasteiger partial charge in [0.2, 0.25) is 0 Å². The summed E-state index contributed by atoms with van der Waals surface area (Å²) >= 11 is 0. The first-order chi connectivity index (χ1) is 23.5. The quantitative estimate of drug-likeness (QED) is 0.107. The molecule has 0 amide bonds. The minimum absolute atomic E-state index is 0.0256. The van der Waals surface area contributed by atoms with Crippen LogP contribution in [-0.4, -0.2) is 61.9 Å². The number of fused-ring (bicyclic) bond motifs is 3. The van der Waals surface area contributed by atoms with E-state index in [4.69, 9.17) is 14.2 Å². The first-order valence-corrected chi connectivity index (χ1v) is 16.0. The Bertz CT molecular complexity index is 1730. The molecule has 0 fully saturated rings. The zero-order chi connectivity index (χ0) is 33.7. The first kappa shape index (κ1) is 33.0. The van der Waals surface area contributed by atoms with E-state index in [1.54, 1.807) is 14.2 Å². The molecule has 1 aliphatic carbocycles. The number of carbonyl (C=O) groups excluding carboxylic acids is 1. The molecule has 0 saturated carbocycles. The Morgan fingerprint density at radius 3 is 1.46 bits per heavy atom. The van der Waals surface area contributed by atoms with Crippen molar-refractivity contribution in [2.24, 2.45) is 11.3 Å². The summed E-state index contributed by atoms with van der Waals surface area (Å²) < 4.78 is 17.3. The number of ether oxygens (including phenoxy) is 3. The number of rotatable bonds is 13. The van der Waals surface area contributed by atoms with E-state index in [0.717, 1.165) is 22.3 Å². The summed E-state index contributed by atoms with van der Waals surface area (Å²) in [6.07, 6.45) is 0. The number of benzene rings is 5. The topological polar surface area (TPSA) is 105 Å². The average Bonchev–Trinajstić information content (AvgIpc) is 3.48. The lowest BCUT2D eigenvalue weighted by Gasteiger charge is -2.48. The molecular weight excluding hydrogens is 604 g/mol. The molecule has 7 nitrogen and oxygen atoms in total. The lowest BCUT2D eigenvalue weighted by atomic mass is 9.54. The second kappa shape index (κ2) is 14.0. The molecule has 0 saturated heterocycles. The number of hydrogen-bond donors (Lipinski definition) is 3. The summed E-state index contributed by atoms with van der Waals surface area (Å²) in [5.74, 6) is -0.954. The summed E-state index contributed by atoms with van der Waals surface area (Å²) in [7, 11) is 3.16. The fraction of sp³-hybridized carbons (Fsp3) is 0.244. The minimum atomic E-state index is -1.71. The van der Waals surface area contributed by atoms with Gasteiger partial charge in [-0.15, -0.1) is 0 Å². The van der Waals surface area contributed by atoms with E-state index in [2.05, 4.69) is 12.1 Å². The molecule has 0 heterocycles. The third kappa shape index (κ3) is 5.54. The van der Waals surface area contributed by atoms with Gasteiger partial charge in [0.1, 0.15) is 18.1 Å². The van der Waals surface area contributed by atoms with E-state index in [-0.39, 0.29) is 12.5 Å². The first-order valence-electron chi connectivity index (χ1n) is 16.0. The van der Waals surface area contributed by atoms with Crippen LogP contribution in [-0.2, 0) is 14.9 Å². The van der Waals surface area contributed by atoms with Crippen LogP contribution < -0.4 is 9.47 Å². The normalized spacial score (nSPS) is 13.4. The molecule has 5 aromatic carbocycles. The van der Waals surface area contributed by atoms with Gasteiger partial charge in [-0.2, -0.15) is 0 Å². The third-order valence-corrected chi connectivity index (χ3v) is 9.90. The fourth-order valence-electron chi connectivity index (χ4n) is 7.41. The number of aliphatic hydroxyl groups is 3. The van der Waals surface area contributed by atoms with Crippen LogP contribution in [0.5, 0.6) is 11.5 Å². The van der Waals surface area contributed by atoms with Gasteiger partial charge in [0.25, 0.3) is 0 Å². The summed E-state index contributed by atoms with van der Waals surface area (Å²) in [6.45, 7) is -2.03. The molecule has 7 heteroatoms. The molecule has 0 aromatic heterocycles. The minimum Gasteiger partial charge on any atom is -0.497 e. The van der Waals surface area contributed by atoms with Gasteiger partial charge in [0.15, 0.2) is 0 Å². The predicted molar refractivity (Wildman–Crippen MR) is 184 cm³/mol. The van der Waals surface area contributed by atoms with Crippen molar-refractivity contribution in [1.82, 2.24) is 0 Å². The Kier molecular flexibility index (Phi) is 9.64. The SMILES string of the molecule is COc1ccc(C(c2ccccc2)(c2ccc(OC)cc2)C(C(=O)OCC2c3ccccc3-c3ccccc32)C(CO)(CO)CO)cc1. The summed E-state index contributed by atoms with van der Waals surface area (Å²) in [5.41, 5.74) is 3.29. The van der Waals surface area contributed by atoms with Crippen LogP contribution in [0.25, 0.3) is 11.1 Å². The molecule has 1 aliphatic rings. The van der Waals surface area contributed by atoms with Crippen molar-refractivity contribution < 1.29 is 34.3 Å². The summed E-state index contributed by atoms with van der Waals surface area (Å²) in [4.78, 5) is 15.1. The van der Waals surface area contributed by atoms with Crippen molar-refractivity contribution in [2.45, 2.75) is 11.3 Å². The second-order valence-corrected chi connectivity index (χ2v) is 12.3. The number of hydrogen-bond acceptors (Lipinski definition) is 7. The van der Waals surface area contributed by atoms with Crippen LogP contribution >= 0.6 is 0 Å². The Morgan fingerprint density at radius 2 is 1.02 bits per heavy atom. The van der Waals surface area contributed by atoms with Gasteiger partial charge in [0.05, 0.1) is 50.8 Å². The molecular formula is C41H40O7. The van der Waals surface area contributed by atoms with Crippen molar-refractivity contribution in [1.29, 1.82) is 0 Å². The Morgan fingerprint density at radius 1 is 0.604 bits per heavy atom. The highest BCUT2D eigenvalue weighted by Gasteiger charge is 2.58. The van der Waals surface area contributed by atoms with Crippen LogP contribution in [0.2, 0.25) is 0 Å². The largest absolute Gasteiger partial charge is 0.497 e. The van der Waals surface area contributed by atoms with E-state index in [1.165, 1.54) is 0 Å². The second-order valence-electron chi connectivity index (χ2n) is 12.3. The highest BCUT2D eigenvalue weighted by molar-refractivity contribution is 5.81. The molecule has 5 aromatic rings. The number of aliphatic hydroxyl groups excluding tert-OH is 3. The maximum absolute atomic E-state index is 15.1. The number of carbonyl (C=O) groups is 1. The molecule has 48 heavy (non-hydrogen) atoms. The van der Waals surface area contributed by atoms with Gasteiger partial charge in [-0.1, -0.05) is 103 Å². The van der Waals surface area contributed by atoms with Crippen molar-refractivity contribution in [3.8, 4) is 22.6 Å². The summed E-state index contributed by atoms with van der Waals surface area (Å²) in [6, 6.07) is 40.4. The molecule has 1 unspecified atom stereocenters. The zero-order valence-corrected chi connectivity index (χ0v) is 27.1. The number of methoxy groups -OCH3 is 2. The fourth-order valence-corrected chi connectivity index (χ4v) is 7.41. The molecule has 6 rings (SSSR count). The van der Waals surface area contributed by atoms with Crippen LogP contribution in [0.3, 0.4) is 0 Å². The van der Waals surface area contributed by atoms with E-state index < -0.39 is 42.5 Å². The Labute approximate surface area is 281 Å². The highest BCUT2D eigenvalue weighted by atomic mass is 16.5. The predicted octanol–water partition coefficient (Wildman–Crippen LogP) is 5.97. The highest BCUT2D eigenvalue weighted by Crippen LogP contribution is 2.53. The Hall–Kier alpha value is -4.95. The third-order valence-electron chi connectivity index (χ3n) is 9.90. The van der Waals surface area contributed by atoms with E-state index in [0.29, 0.717) is 28.2 Å². The lowest BCUT2D eigenvalue weighted by molar-refractivity contribution is -0.164. The van der Waals surface area contributed by atoms with Gasteiger partial charge in [-0.3, -0.25) is 4.79 Å². The van der Waals surface area contributed by atoms with Crippen molar-refractivity contribution in [3.63, 3.8) is 0 Å². The smallest absolute Gasteiger partial charge is 0.311 e. The lowest BCUT2D eigenvalue weighted by Crippen LogP contribution is -2.56. The summed E-state index contributed by atoms with van der Waals surface area (Å²) in [5, 5.41) is 33.1. The van der Waals surface area contributed by atoms with Crippen LogP contribution in [0.1, 0.15) is 33.7 Å². The van der Waals surface area contributed by atoms with Gasteiger partial charge in [0, 0.05) is 5.92 Å². The van der Waals surface area contributed by atoms with Crippen molar-refractivity contribution >= 4 is 5.97 Å². The van der Waals surface area contributed by atoms with Crippen molar-refractivity contribution in [3.05, 3.63) is 155 Å². The maximum atomic E-state index is 15.1. The molecule has 3 N–H and O–H groups in total. The van der Waals surface area contributed by atoms with Crippen LogP contribution in [0.4, 0.5) is 0 Å². The van der Waals surface area contributed by atoms with Gasteiger partial charge in [-0.05, 0) is 63.2 Å². The monoisotopic (exact) mass is 644 g/mol. The van der Waals surface area contributed by atoms with Crippen LogP contribution in [0, 0.1) is 11.3 Å². The average molecular weight is 645 g/mol. The van der Waals surface area contributed by atoms with E-state index >= 15 is 4.79 Å². The number of esters is 1.